The molecule has 0 bridgehead atoms. The Balaban J connectivity index is 1.96. The number of pyridine rings is 1. The van der Waals surface area contributed by atoms with Crippen LogP contribution in [-0.2, 0) is 16.4 Å². The van der Waals surface area contributed by atoms with Gasteiger partial charge in [0.05, 0.1) is 4.92 Å². The minimum absolute atomic E-state index is 0.119. The highest BCUT2D eigenvalue weighted by Gasteiger charge is 2.26. The van der Waals surface area contributed by atoms with Crippen LogP contribution in [0.25, 0.3) is 5.82 Å². The van der Waals surface area contributed by atoms with E-state index in [1.54, 1.807) is 35.4 Å². The van der Waals surface area contributed by atoms with Crippen LogP contribution in [0, 0.1) is 10.1 Å². The van der Waals surface area contributed by atoms with Gasteiger partial charge in [-0.1, -0.05) is 12.1 Å². The molecule has 3 aromatic rings. The fourth-order valence-corrected chi connectivity index (χ4v) is 3.37. The minimum atomic E-state index is -3.74. The lowest BCUT2D eigenvalue weighted by atomic mass is 10.2. The molecule has 0 aliphatic heterocycles. The van der Waals surface area contributed by atoms with Crippen LogP contribution in [0.4, 0.5) is 11.4 Å². The van der Waals surface area contributed by atoms with E-state index in [-0.39, 0.29) is 17.1 Å². The highest BCUT2D eigenvalue weighted by molar-refractivity contribution is 7.90. The lowest BCUT2D eigenvalue weighted by molar-refractivity contribution is -0.386. The number of nitrogens with zero attached hydrogens (tertiary/aromatic N) is 4. The van der Waals surface area contributed by atoms with Gasteiger partial charge in [-0.3, -0.25) is 10.1 Å². The Morgan fingerprint density at radius 1 is 1.19 bits per heavy atom. The molecule has 10 heteroatoms. The monoisotopic (exact) mass is 373 g/mol. The molecule has 1 N–H and O–H groups in total. The fraction of sp³-hybridized carbons (Fsp3) is 0.125. The van der Waals surface area contributed by atoms with Gasteiger partial charge in [0.1, 0.15) is 10.6 Å². The number of sulfone groups is 1. The van der Waals surface area contributed by atoms with Crippen LogP contribution in [0.2, 0.25) is 0 Å². The quantitative estimate of drug-likeness (QED) is 0.519. The Morgan fingerprint density at radius 2 is 2.00 bits per heavy atom. The van der Waals surface area contributed by atoms with E-state index in [0.29, 0.717) is 5.82 Å². The number of para-hydroxylation sites is 1. The van der Waals surface area contributed by atoms with Crippen LogP contribution in [0.1, 0.15) is 5.56 Å². The third kappa shape index (κ3) is 3.54. The van der Waals surface area contributed by atoms with Crippen LogP contribution in [0.5, 0.6) is 0 Å². The maximum absolute atomic E-state index is 11.8. The van der Waals surface area contributed by atoms with Gasteiger partial charge in [-0.15, -0.1) is 0 Å². The number of nitrogens with one attached hydrogen (secondary N) is 1. The first kappa shape index (κ1) is 17.5. The fourth-order valence-electron chi connectivity index (χ4n) is 2.51. The molecule has 0 spiro atoms. The second kappa shape index (κ2) is 6.92. The normalized spacial score (nSPS) is 11.3. The van der Waals surface area contributed by atoms with Crippen molar-refractivity contribution in [3.8, 4) is 5.82 Å². The maximum atomic E-state index is 11.8. The average Bonchev–Trinajstić information content (AvgIpc) is 3.13. The van der Waals surface area contributed by atoms with E-state index in [1.165, 1.54) is 18.2 Å². The number of hydrogen-bond acceptors (Lipinski definition) is 7. The van der Waals surface area contributed by atoms with Crippen LogP contribution in [0.3, 0.4) is 0 Å². The number of hydrogen-bond donors (Lipinski definition) is 1. The van der Waals surface area contributed by atoms with E-state index < -0.39 is 20.4 Å². The number of anilines is 1. The summed E-state index contributed by atoms with van der Waals surface area (Å²) in [6.07, 6.45) is 5.91. The molecule has 0 fully saturated rings. The molecule has 0 saturated heterocycles. The first-order valence-electron chi connectivity index (χ1n) is 7.53. The van der Waals surface area contributed by atoms with Crippen molar-refractivity contribution >= 4 is 21.2 Å². The molecule has 2 aromatic heterocycles. The lowest BCUT2D eigenvalue weighted by Crippen LogP contribution is -2.10. The molecule has 0 amide bonds. The topological polar surface area (TPSA) is 120 Å². The molecule has 134 valence electrons. The summed E-state index contributed by atoms with van der Waals surface area (Å²) in [7, 11) is -3.74. The molecule has 0 saturated carbocycles. The second-order valence-corrected chi connectivity index (χ2v) is 7.46. The van der Waals surface area contributed by atoms with Crippen LogP contribution < -0.4 is 5.32 Å². The summed E-state index contributed by atoms with van der Waals surface area (Å²) in [6, 6.07) is 9.46. The molecule has 0 atom stereocenters. The summed E-state index contributed by atoms with van der Waals surface area (Å²) in [5.74, 6) is 0.576. The lowest BCUT2D eigenvalue weighted by Gasteiger charge is -2.12. The molecule has 3 rings (SSSR count). The van der Waals surface area contributed by atoms with Gasteiger partial charge in [-0.2, -0.15) is 5.10 Å². The first-order chi connectivity index (χ1) is 12.4. The zero-order valence-electron chi connectivity index (χ0n) is 13.7. The molecule has 2 heterocycles. The van der Waals surface area contributed by atoms with Gasteiger partial charge in [0.15, 0.2) is 15.7 Å². The SMILES string of the molecule is CS(=O)(=O)c1cccc(NCc2cccnc2-n2cccn2)c1[N+](=O)[O-]. The van der Waals surface area contributed by atoms with Crippen LogP contribution in [-0.4, -0.2) is 34.4 Å². The van der Waals surface area contributed by atoms with Crippen LogP contribution in [0.15, 0.2) is 59.9 Å². The van der Waals surface area contributed by atoms with Gasteiger partial charge in [-0.25, -0.2) is 18.1 Å². The number of nitro groups is 1. The summed E-state index contributed by atoms with van der Waals surface area (Å²) < 4.78 is 25.3. The van der Waals surface area contributed by atoms with Crippen molar-refractivity contribution in [2.45, 2.75) is 11.4 Å². The number of nitro benzene ring substituents is 1. The molecule has 0 aliphatic carbocycles. The Hall–Kier alpha value is -3.27. The van der Waals surface area contributed by atoms with Crippen molar-refractivity contribution in [1.29, 1.82) is 0 Å². The predicted octanol–water partition coefficient (Wildman–Crippen LogP) is 2.19. The summed E-state index contributed by atoms with van der Waals surface area (Å²) in [6.45, 7) is 0.205. The summed E-state index contributed by atoms with van der Waals surface area (Å²) in [4.78, 5) is 14.7. The van der Waals surface area contributed by atoms with E-state index in [4.69, 9.17) is 0 Å². The van der Waals surface area contributed by atoms with E-state index in [0.717, 1.165) is 11.8 Å². The highest BCUT2D eigenvalue weighted by Crippen LogP contribution is 2.32. The van der Waals surface area contributed by atoms with Crippen molar-refractivity contribution < 1.29 is 13.3 Å². The van der Waals surface area contributed by atoms with Crippen molar-refractivity contribution in [3.05, 3.63) is 70.7 Å². The first-order valence-corrected chi connectivity index (χ1v) is 9.42. The molecule has 9 nitrogen and oxygen atoms in total. The van der Waals surface area contributed by atoms with Crippen molar-refractivity contribution in [3.63, 3.8) is 0 Å². The Bertz CT molecular complexity index is 1050. The Kier molecular flexibility index (Phi) is 4.67. The van der Waals surface area contributed by atoms with Gasteiger partial charge in [0.2, 0.25) is 0 Å². The largest absolute Gasteiger partial charge is 0.375 e. The van der Waals surface area contributed by atoms with E-state index >= 15 is 0 Å². The molecule has 0 unspecified atom stereocenters. The number of benzene rings is 1. The summed E-state index contributed by atoms with van der Waals surface area (Å²) in [5.41, 5.74) is 0.392. The molecule has 26 heavy (non-hydrogen) atoms. The van der Waals surface area contributed by atoms with Crippen molar-refractivity contribution in [2.75, 3.05) is 11.6 Å². The highest BCUT2D eigenvalue weighted by atomic mass is 32.2. The second-order valence-electron chi connectivity index (χ2n) is 5.47. The summed E-state index contributed by atoms with van der Waals surface area (Å²) in [5, 5.41) is 18.5. The van der Waals surface area contributed by atoms with Gasteiger partial charge >= 0.3 is 5.69 Å². The molecule has 0 radical (unpaired) electrons. The average molecular weight is 373 g/mol. The van der Waals surface area contributed by atoms with Gasteiger partial charge < -0.3 is 5.32 Å². The van der Waals surface area contributed by atoms with E-state index in [9.17, 15) is 18.5 Å². The van der Waals surface area contributed by atoms with Gasteiger partial charge in [0.25, 0.3) is 0 Å². The van der Waals surface area contributed by atoms with Crippen LogP contribution >= 0.6 is 0 Å². The molecular formula is C16H15N5O4S. The maximum Gasteiger partial charge on any atom is 0.310 e. The minimum Gasteiger partial charge on any atom is -0.375 e. The van der Waals surface area contributed by atoms with Crippen molar-refractivity contribution in [2.24, 2.45) is 0 Å². The van der Waals surface area contributed by atoms with Crippen molar-refractivity contribution in [1.82, 2.24) is 14.8 Å². The van der Waals surface area contributed by atoms with Gasteiger partial charge in [0, 0.05) is 37.0 Å². The Morgan fingerprint density at radius 3 is 2.65 bits per heavy atom. The van der Waals surface area contributed by atoms with Gasteiger partial charge in [-0.05, 0) is 24.3 Å². The zero-order valence-corrected chi connectivity index (χ0v) is 14.5. The third-order valence-corrected chi connectivity index (χ3v) is 4.77. The Labute approximate surface area is 149 Å². The van der Waals surface area contributed by atoms with E-state index in [1.807, 2.05) is 6.07 Å². The molecule has 0 aliphatic rings. The summed E-state index contributed by atoms with van der Waals surface area (Å²) >= 11 is 0. The predicted molar refractivity (Wildman–Crippen MR) is 94.9 cm³/mol. The zero-order chi connectivity index (χ0) is 18.7. The molecular weight excluding hydrogens is 358 g/mol. The third-order valence-electron chi connectivity index (χ3n) is 3.64. The smallest absolute Gasteiger partial charge is 0.310 e. The van der Waals surface area contributed by atoms with E-state index in [2.05, 4.69) is 15.4 Å². The number of aromatic nitrogens is 3. The standard InChI is InChI=1S/C16H15N5O4S/c1-26(24,25)14-7-2-6-13(15(14)21(22)23)18-11-12-5-3-8-17-16(12)20-10-4-9-19-20/h2-10,18H,11H2,1H3. The number of rotatable bonds is 6. The molecule has 1 aromatic carbocycles.